The van der Waals surface area contributed by atoms with Gasteiger partial charge in [-0.15, -0.1) is 0 Å². The number of rotatable bonds is 5. The summed E-state index contributed by atoms with van der Waals surface area (Å²) in [6.07, 6.45) is 1.05. The van der Waals surface area contributed by atoms with Crippen LogP contribution in [0.5, 0.6) is 0 Å². The first-order valence-electron chi connectivity index (χ1n) is 7.31. The Labute approximate surface area is 170 Å². The Morgan fingerprint density at radius 3 is 2.41 bits per heavy atom. The van der Waals surface area contributed by atoms with Crippen molar-refractivity contribution in [3.05, 3.63) is 51.1 Å². The standard InChI is InChI=1S/C16H13Cl3N2O5S/c1-8(15(22)21-14-13(19)5-9(17)7-20-14)26-16(23)11-6-10(27(2,24)25)3-4-12(11)18/h3-8H,1-2H3,(H,20,21,22). The molecular formula is C16H13Cl3N2O5S. The number of nitrogens with one attached hydrogen (secondary N) is 1. The minimum atomic E-state index is -3.55. The van der Waals surface area contributed by atoms with E-state index in [-0.39, 0.29) is 31.3 Å². The highest BCUT2D eigenvalue weighted by Gasteiger charge is 2.23. The van der Waals surface area contributed by atoms with Crippen LogP contribution in [-0.2, 0) is 19.4 Å². The van der Waals surface area contributed by atoms with Gasteiger partial charge in [0.15, 0.2) is 21.8 Å². The predicted molar refractivity (Wildman–Crippen MR) is 102 cm³/mol. The van der Waals surface area contributed by atoms with Crippen molar-refractivity contribution in [2.24, 2.45) is 0 Å². The Bertz CT molecular complexity index is 1010. The molecule has 1 aromatic carbocycles. The maximum Gasteiger partial charge on any atom is 0.340 e. The van der Waals surface area contributed by atoms with Crippen LogP contribution in [0.3, 0.4) is 0 Å². The minimum absolute atomic E-state index is 0.0116. The molecule has 2 rings (SSSR count). The van der Waals surface area contributed by atoms with Crippen molar-refractivity contribution >= 4 is 62.3 Å². The maximum absolute atomic E-state index is 12.3. The zero-order valence-corrected chi connectivity index (χ0v) is 17.1. The topological polar surface area (TPSA) is 102 Å². The fourth-order valence-corrected chi connectivity index (χ4v) is 3.16. The van der Waals surface area contributed by atoms with E-state index in [1.165, 1.54) is 31.3 Å². The third-order valence-corrected chi connectivity index (χ3v) is 5.22. The van der Waals surface area contributed by atoms with Gasteiger partial charge >= 0.3 is 5.97 Å². The van der Waals surface area contributed by atoms with Crippen LogP contribution >= 0.6 is 34.8 Å². The second-order valence-corrected chi connectivity index (χ2v) is 8.70. The summed E-state index contributed by atoms with van der Waals surface area (Å²) in [5.41, 5.74) is -0.179. The number of sulfone groups is 1. The van der Waals surface area contributed by atoms with Gasteiger partial charge in [-0.25, -0.2) is 18.2 Å². The van der Waals surface area contributed by atoms with Gasteiger partial charge in [-0.05, 0) is 31.2 Å². The second-order valence-electron chi connectivity index (χ2n) is 5.43. The van der Waals surface area contributed by atoms with Gasteiger partial charge in [0.2, 0.25) is 0 Å². The summed E-state index contributed by atoms with van der Waals surface area (Å²) in [6.45, 7) is 1.32. The summed E-state index contributed by atoms with van der Waals surface area (Å²) in [4.78, 5) is 28.2. The Morgan fingerprint density at radius 2 is 1.81 bits per heavy atom. The number of aromatic nitrogens is 1. The van der Waals surface area contributed by atoms with E-state index < -0.39 is 27.8 Å². The molecule has 0 radical (unpaired) electrons. The number of benzene rings is 1. The van der Waals surface area contributed by atoms with Gasteiger partial charge in [0.05, 0.1) is 25.5 Å². The number of anilines is 1. The van der Waals surface area contributed by atoms with Crippen molar-refractivity contribution in [2.45, 2.75) is 17.9 Å². The molecule has 0 bridgehead atoms. The molecule has 7 nitrogen and oxygen atoms in total. The number of carbonyl (C=O) groups excluding carboxylic acids is 2. The molecule has 0 saturated carbocycles. The SMILES string of the molecule is CC(OC(=O)c1cc(S(C)(=O)=O)ccc1Cl)C(=O)Nc1ncc(Cl)cc1Cl. The van der Waals surface area contributed by atoms with E-state index in [1.807, 2.05) is 0 Å². The molecule has 1 heterocycles. The molecule has 1 atom stereocenters. The molecule has 1 aromatic heterocycles. The molecule has 144 valence electrons. The first-order valence-corrected chi connectivity index (χ1v) is 10.3. The highest BCUT2D eigenvalue weighted by molar-refractivity contribution is 7.90. The van der Waals surface area contributed by atoms with Crippen LogP contribution in [0.1, 0.15) is 17.3 Å². The zero-order valence-electron chi connectivity index (χ0n) is 14.0. The Balaban J connectivity index is 2.14. The Morgan fingerprint density at radius 1 is 1.15 bits per heavy atom. The van der Waals surface area contributed by atoms with E-state index >= 15 is 0 Å². The Hall–Kier alpha value is -1.87. The number of halogens is 3. The van der Waals surface area contributed by atoms with Crippen molar-refractivity contribution in [3.63, 3.8) is 0 Å². The number of ether oxygens (including phenoxy) is 1. The Kier molecular flexibility index (Phi) is 6.69. The van der Waals surface area contributed by atoms with Gasteiger partial charge in [0, 0.05) is 12.5 Å². The molecule has 27 heavy (non-hydrogen) atoms. The lowest BCUT2D eigenvalue weighted by molar-refractivity contribution is -0.123. The number of carbonyl (C=O) groups is 2. The maximum atomic E-state index is 12.3. The van der Waals surface area contributed by atoms with Crippen molar-refractivity contribution in [1.29, 1.82) is 0 Å². The minimum Gasteiger partial charge on any atom is -0.449 e. The lowest BCUT2D eigenvalue weighted by Crippen LogP contribution is -2.30. The highest BCUT2D eigenvalue weighted by atomic mass is 35.5. The van der Waals surface area contributed by atoms with Crippen LogP contribution in [0.2, 0.25) is 15.1 Å². The number of hydrogen-bond acceptors (Lipinski definition) is 6. The molecule has 0 saturated heterocycles. The molecule has 11 heteroatoms. The first kappa shape index (κ1) is 21.4. The third kappa shape index (κ3) is 5.55. The summed E-state index contributed by atoms with van der Waals surface area (Å²) in [5, 5.41) is 2.79. The smallest absolute Gasteiger partial charge is 0.340 e. The van der Waals surface area contributed by atoms with Gasteiger partial charge in [0.25, 0.3) is 5.91 Å². The fraction of sp³-hybridized carbons (Fsp3) is 0.188. The van der Waals surface area contributed by atoms with E-state index in [9.17, 15) is 18.0 Å². The van der Waals surface area contributed by atoms with Gasteiger partial charge in [-0.2, -0.15) is 0 Å². The molecule has 1 amide bonds. The first-order chi connectivity index (χ1) is 12.5. The van der Waals surface area contributed by atoms with Crippen molar-refractivity contribution < 1.29 is 22.7 Å². The number of amides is 1. The summed E-state index contributed by atoms with van der Waals surface area (Å²) in [5.74, 6) is -1.61. The van der Waals surface area contributed by atoms with Crippen LogP contribution in [-0.4, -0.2) is 37.6 Å². The number of esters is 1. The number of nitrogens with zero attached hydrogens (tertiary/aromatic N) is 1. The molecular weight excluding hydrogens is 439 g/mol. The molecule has 1 unspecified atom stereocenters. The fourth-order valence-electron chi connectivity index (χ4n) is 1.89. The predicted octanol–water partition coefficient (Wildman–Crippen LogP) is 3.63. The summed E-state index contributed by atoms with van der Waals surface area (Å²) in [6, 6.07) is 5.00. The zero-order chi connectivity index (χ0) is 20.4. The molecule has 1 N–H and O–H groups in total. The molecule has 0 spiro atoms. The average molecular weight is 452 g/mol. The van der Waals surface area contributed by atoms with Crippen molar-refractivity contribution in [1.82, 2.24) is 4.98 Å². The molecule has 0 fully saturated rings. The van der Waals surface area contributed by atoms with Crippen LogP contribution in [0.4, 0.5) is 5.82 Å². The van der Waals surface area contributed by atoms with Crippen molar-refractivity contribution in [2.75, 3.05) is 11.6 Å². The quantitative estimate of drug-likeness (QED) is 0.696. The summed E-state index contributed by atoms with van der Waals surface area (Å²) >= 11 is 17.6. The molecule has 0 aliphatic rings. The molecule has 2 aromatic rings. The van der Waals surface area contributed by atoms with E-state index in [0.717, 1.165) is 12.3 Å². The third-order valence-electron chi connectivity index (χ3n) is 3.29. The number of hydrogen-bond donors (Lipinski definition) is 1. The van der Waals surface area contributed by atoms with Crippen molar-refractivity contribution in [3.8, 4) is 0 Å². The van der Waals surface area contributed by atoms with Crippen LogP contribution in [0.15, 0.2) is 35.4 Å². The summed E-state index contributed by atoms with van der Waals surface area (Å²) in [7, 11) is -3.55. The summed E-state index contributed by atoms with van der Waals surface area (Å²) < 4.78 is 28.3. The average Bonchev–Trinajstić information content (AvgIpc) is 2.56. The second kappa shape index (κ2) is 8.43. The van der Waals surface area contributed by atoms with E-state index in [2.05, 4.69) is 10.3 Å². The van der Waals surface area contributed by atoms with E-state index in [4.69, 9.17) is 39.5 Å². The number of pyridine rings is 1. The van der Waals surface area contributed by atoms with Gasteiger partial charge in [0.1, 0.15) is 0 Å². The van der Waals surface area contributed by atoms with Crippen LogP contribution < -0.4 is 5.32 Å². The van der Waals surface area contributed by atoms with Crippen LogP contribution in [0.25, 0.3) is 0 Å². The van der Waals surface area contributed by atoms with Gasteiger partial charge in [-0.1, -0.05) is 34.8 Å². The monoisotopic (exact) mass is 450 g/mol. The lowest BCUT2D eigenvalue weighted by atomic mass is 10.2. The van der Waals surface area contributed by atoms with E-state index in [1.54, 1.807) is 0 Å². The highest BCUT2D eigenvalue weighted by Crippen LogP contribution is 2.24. The lowest BCUT2D eigenvalue weighted by Gasteiger charge is -2.14. The normalized spacial score (nSPS) is 12.3. The largest absolute Gasteiger partial charge is 0.449 e. The van der Waals surface area contributed by atoms with Gasteiger partial charge < -0.3 is 10.1 Å². The van der Waals surface area contributed by atoms with Gasteiger partial charge in [-0.3, -0.25) is 4.79 Å². The van der Waals surface area contributed by atoms with E-state index in [0.29, 0.717) is 0 Å². The van der Waals surface area contributed by atoms with Crippen LogP contribution in [0, 0.1) is 0 Å². The molecule has 0 aliphatic carbocycles. The molecule has 0 aliphatic heterocycles.